The normalized spacial score (nSPS) is 11.8. The molecule has 0 aliphatic rings. The largest absolute Gasteiger partial charge is 0.360 e. The number of imidazole rings is 1. The van der Waals surface area contributed by atoms with E-state index in [1.807, 2.05) is 17.4 Å². The number of carbonyl (C=O) groups excluding carboxylic acids is 1. The third-order valence-electron chi connectivity index (χ3n) is 3.34. The first-order valence-electron chi connectivity index (χ1n) is 7.17. The molecule has 2 heterocycles. The van der Waals surface area contributed by atoms with Crippen LogP contribution in [0.15, 0.2) is 15.0 Å². The Morgan fingerprint density at radius 2 is 2.00 bits per heavy atom. The monoisotopic (exact) mass is 446 g/mol. The molecule has 23 heavy (non-hydrogen) atoms. The molecule has 0 atom stereocenters. The minimum Gasteiger partial charge on any atom is -0.360 e. The van der Waals surface area contributed by atoms with Crippen molar-refractivity contribution in [2.75, 3.05) is 11.9 Å². The molecule has 0 aliphatic heterocycles. The minimum atomic E-state index is -0.506. The third kappa shape index (κ3) is 4.05. The summed E-state index contributed by atoms with van der Waals surface area (Å²) in [6.45, 7) is 8.35. The van der Waals surface area contributed by atoms with Gasteiger partial charge in [0.25, 0.3) is 5.91 Å². The van der Waals surface area contributed by atoms with Crippen molar-refractivity contribution in [3.05, 3.63) is 26.4 Å². The van der Waals surface area contributed by atoms with Crippen LogP contribution in [-0.2, 0) is 11.2 Å². The number of aromatic nitrogens is 2. The fourth-order valence-corrected chi connectivity index (χ4v) is 3.56. The summed E-state index contributed by atoms with van der Waals surface area (Å²) in [5.41, 5.74) is 4.32. The summed E-state index contributed by atoms with van der Waals surface area (Å²) >= 11 is 7.08. The lowest BCUT2D eigenvalue weighted by atomic mass is 9.90. The van der Waals surface area contributed by atoms with E-state index < -0.39 is 5.91 Å². The topological polar surface area (TPSA) is 78.7 Å². The summed E-state index contributed by atoms with van der Waals surface area (Å²) in [5, 5.41) is 11.8. The molecule has 126 valence electrons. The Labute approximate surface area is 151 Å². The van der Waals surface area contributed by atoms with Gasteiger partial charge >= 0.3 is 0 Å². The average molecular weight is 448 g/mol. The molecule has 8 heteroatoms. The molecular formula is C15H20Br2N4O2. The van der Waals surface area contributed by atoms with E-state index in [2.05, 4.69) is 57.9 Å². The number of halogens is 2. The highest BCUT2D eigenvalue weighted by molar-refractivity contribution is 9.11. The van der Waals surface area contributed by atoms with Crippen molar-refractivity contribution in [2.24, 2.45) is 5.41 Å². The van der Waals surface area contributed by atoms with Gasteiger partial charge in [0.2, 0.25) is 0 Å². The summed E-state index contributed by atoms with van der Waals surface area (Å²) in [6.07, 6.45) is 0.751. The van der Waals surface area contributed by atoms with Crippen LogP contribution in [-0.4, -0.2) is 27.0 Å². The number of amides is 1. The van der Waals surface area contributed by atoms with Gasteiger partial charge in [-0.05, 0) is 56.7 Å². The van der Waals surface area contributed by atoms with Crippen LogP contribution in [0.4, 0.5) is 5.82 Å². The second-order valence-electron chi connectivity index (χ2n) is 6.62. The first-order chi connectivity index (χ1) is 10.6. The zero-order chi connectivity index (χ0) is 17.4. The predicted octanol–water partition coefficient (Wildman–Crippen LogP) is 3.67. The molecule has 2 aromatic heterocycles. The van der Waals surface area contributed by atoms with Crippen LogP contribution < -0.4 is 10.8 Å². The van der Waals surface area contributed by atoms with E-state index >= 15 is 0 Å². The number of anilines is 1. The van der Waals surface area contributed by atoms with Crippen LogP contribution >= 0.6 is 31.9 Å². The molecule has 0 aliphatic carbocycles. The standard InChI is InChI=1S/C15H20Br2N4O2/c1-8-9(16)5-10(17)13-19-11(6-15(2,3)4)14(21(8)13)18-7-12(22)20-23/h5,18,23H,6-7H2,1-4H3,(H,20,22). The Morgan fingerprint density at radius 1 is 1.35 bits per heavy atom. The van der Waals surface area contributed by atoms with Gasteiger partial charge in [0.1, 0.15) is 5.82 Å². The number of hydroxylamine groups is 1. The number of hydrogen-bond donors (Lipinski definition) is 3. The molecule has 0 spiro atoms. The Hall–Kier alpha value is -1.12. The van der Waals surface area contributed by atoms with Crippen molar-refractivity contribution in [1.29, 1.82) is 0 Å². The van der Waals surface area contributed by atoms with Crippen molar-refractivity contribution in [3.63, 3.8) is 0 Å². The fourth-order valence-electron chi connectivity index (χ4n) is 2.35. The van der Waals surface area contributed by atoms with Crippen molar-refractivity contribution < 1.29 is 10.0 Å². The van der Waals surface area contributed by atoms with Crippen molar-refractivity contribution in [3.8, 4) is 0 Å². The van der Waals surface area contributed by atoms with Crippen LogP contribution in [0.5, 0.6) is 0 Å². The predicted molar refractivity (Wildman–Crippen MR) is 96.9 cm³/mol. The minimum absolute atomic E-state index is 0.0367. The first kappa shape index (κ1) is 18.2. The van der Waals surface area contributed by atoms with Crippen LogP contribution in [0.1, 0.15) is 32.2 Å². The zero-order valence-corrected chi connectivity index (χ0v) is 16.7. The molecular weight excluding hydrogens is 428 g/mol. The SMILES string of the molecule is Cc1c(Br)cc(Br)c2nc(CC(C)(C)C)c(NCC(=O)NO)n12. The summed E-state index contributed by atoms with van der Waals surface area (Å²) in [5.74, 6) is 0.256. The van der Waals surface area contributed by atoms with E-state index in [0.29, 0.717) is 0 Å². The molecule has 3 N–H and O–H groups in total. The highest BCUT2D eigenvalue weighted by atomic mass is 79.9. The van der Waals surface area contributed by atoms with E-state index in [1.165, 1.54) is 0 Å². The van der Waals surface area contributed by atoms with E-state index in [-0.39, 0.29) is 12.0 Å². The molecule has 6 nitrogen and oxygen atoms in total. The fraction of sp³-hybridized carbons (Fsp3) is 0.467. The number of aryl methyl sites for hydroxylation is 1. The van der Waals surface area contributed by atoms with Crippen molar-refractivity contribution >= 4 is 49.2 Å². The Balaban J connectivity index is 2.61. The van der Waals surface area contributed by atoms with Gasteiger partial charge in [-0.1, -0.05) is 20.8 Å². The van der Waals surface area contributed by atoms with Gasteiger partial charge < -0.3 is 5.32 Å². The quantitative estimate of drug-likeness (QED) is 0.493. The van der Waals surface area contributed by atoms with Crippen LogP contribution in [0.3, 0.4) is 0 Å². The third-order valence-corrected chi connectivity index (χ3v) is 4.72. The number of pyridine rings is 1. The maximum atomic E-state index is 11.4. The molecule has 1 amide bonds. The number of hydrogen-bond acceptors (Lipinski definition) is 4. The number of nitrogens with zero attached hydrogens (tertiary/aromatic N) is 2. The molecule has 0 fully saturated rings. The van der Waals surface area contributed by atoms with Crippen molar-refractivity contribution in [2.45, 2.75) is 34.1 Å². The lowest BCUT2D eigenvalue weighted by Crippen LogP contribution is -2.27. The second-order valence-corrected chi connectivity index (χ2v) is 8.33. The second kappa shape index (κ2) is 6.78. The molecule has 0 saturated carbocycles. The highest BCUT2D eigenvalue weighted by Crippen LogP contribution is 2.33. The average Bonchev–Trinajstić information content (AvgIpc) is 2.79. The number of fused-ring (bicyclic) bond motifs is 1. The maximum absolute atomic E-state index is 11.4. The van der Waals surface area contributed by atoms with Gasteiger partial charge in [0.15, 0.2) is 5.65 Å². The number of nitrogens with one attached hydrogen (secondary N) is 2. The molecule has 0 aromatic carbocycles. The molecule has 0 radical (unpaired) electrons. The lowest BCUT2D eigenvalue weighted by molar-refractivity contribution is -0.127. The molecule has 0 unspecified atom stereocenters. The maximum Gasteiger partial charge on any atom is 0.262 e. The van der Waals surface area contributed by atoms with Crippen LogP contribution in [0.2, 0.25) is 0 Å². The Bertz CT molecular complexity index is 750. The van der Waals surface area contributed by atoms with Gasteiger partial charge in [-0.3, -0.25) is 14.4 Å². The van der Waals surface area contributed by atoms with Gasteiger partial charge in [-0.15, -0.1) is 0 Å². The molecule has 2 aromatic rings. The summed E-state index contributed by atoms with van der Waals surface area (Å²) < 4.78 is 3.77. The zero-order valence-electron chi connectivity index (χ0n) is 13.5. The van der Waals surface area contributed by atoms with Gasteiger partial charge in [0.05, 0.1) is 16.7 Å². The Morgan fingerprint density at radius 3 is 2.57 bits per heavy atom. The highest BCUT2D eigenvalue weighted by Gasteiger charge is 2.22. The smallest absolute Gasteiger partial charge is 0.262 e. The summed E-state index contributed by atoms with van der Waals surface area (Å²) in [4.78, 5) is 16.1. The van der Waals surface area contributed by atoms with E-state index in [0.717, 1.165) is 38.2 Å². The number of rotatable bonds is 4. The van der Waals surface area contributed by atoms with Crippen molar-refractivity contribution in [1.82, 2.24) is 14.9 Å². The van der Waals surface area contributed by atoms with Gasteiger partial charge in [-0.2, -0.15) is 0 Å². The van der Waals surface area contributed by atoms with E-state index in [1.54, 1.807) is 5.48 Å². The molecule has 0 saturated heterocycles. The molecule has 0 bridgehead atoms. The first-order valence-corrected chi connectivity index (χ1v) is 8.75. The Kier molecular flexibility index (Phi) is 5.37. The van der Waals surface area contributed by atoms with Crippen LogP contribution in [0, 0.1) is 12.3 Å². The lowest BCUT2D eigenvalue weighted by Gasteiger charge is -2.18. The molecule has 2 rings (SSSR count). The number of carbonyl (C=O) groups is 1. The van der Waals surface area contributed by atoms with Gasteiger partial charge in [-0.25, -0.2) is 10.5 Å². The van der Waals surface area contributed by atoms with Gasteiger partial charge in [0, 0.05) is 10.2 Å². The van der Waals surface area contributed by atoms with Crippen LogP contribution in [0.25, 0.3) is 5.65 Å². The van der Waals surface area contributed by atoms with E-state index in [4.69, 9.17) is 10.2 Å². The summed E-state index contributed by atoms with van der Waals surface area (Å²) in [6, 6.07) is 1.96. The van der Waals surface area contributed by atoms with E-state index in [9.17, 15) is 4.79 Å². The summed E-state index contributed by atoms with van der Waals surface area (Å²) in [7, 11) is 0.